The molecule has 0 spiro atoms. The zero-order valence-corrected chi connectivity index (χ0v) is 18.0. The number of nitrogens with zero attached hydrogens (tertiary/aromatic N) is 1. The Morgan fingerprint density at radius 2 is 1.75 bits per heavy atom. The minimum absolute atomic E-state index is 0.0208. The molecule has 0 bridgehead atoms. The lowest BCUT2D eigenvalue weighted by Gasteiger charge is -2.24. The van der Waals surface area contributed by atoms with Crippen molar-refractivity contribution in [3.63, 3.8) is 0 Å². The van der Waals surface area contributed by atoms with E-state index in [1.165, 1.54) is 46.8 Å². The maximum absolute atomic E-state index is 13.7. The largest absolute Gasteiger partial charge is 0.454 e. The average Bonchev–Trinajstić information content (AvgIpc) is 3.14. The summed E-state index contributed by atoms with van der Waals surface area (Å²) in [5, 5.41) is 0. The van der Waals surface area contributed by atoms with Crippen LogP contribution in [0.25, 0.3) is 0 Å². The molecule has 0 amide bonds. The molecule has 1 aliphatic rings. The highest BCUT2D eigenvalue weighted by molar-refractivity contribution is 7.92. The monoisotopic (exact) mass is 453 g/mol. The van der Waals surface area contributed by atoms with Crippen LogP contribution in [0.15, 0.2) is 77.7 Å². The first kappa shape index (κ1) is 21.7. The Bertz CT molecular complexity index is 1310. The molecule has 1 atom stereocenters. The zero-order chi connectivity index (χ0) is 22.9. The molecule has 1 aliphatic heterocycles. The van der Waals surface area contributed by atoms with Gasteiger partial charge in [0.05, 0.1) is 21.7 Å². The number of fused-ring (bicyclic) bond motifs is 1. The molecule has 164 valence electrons. The Morgan fingerprint density at radius 1 is 1.03 bits per heavy atom. The molecule has 32 heavy (non-hydrogen) atoms. The first-order valence-corrected chi connectivity index (χ1v) is 11.4. The fourth-order valence-corrected chi connectivity index (χ4v) is 5.52. The Balaban J connectivity index is 1.54. The molecule has 0 fully saturated rings. The summed E-state index contributed by atoms with van der Waals surface area (Å²) in [6.07, 6.45) is 0.593. The number of esters is 1. The molecule has 6 nitrogen and oxygen atoms in total. The van der Waals surface area contributed by atoms with Crippen LogP contribution in [0.1, 0.15) is 33.2 Å². The quantitative estimate of drug-likeness (QED) is 0.416. The van der Waals surface area contributed by atoms with Crippen LogP contribution in [-0.2, 0) is 21.2 Å². The summed E-state index contributed by atoms with van der Waals surface area (Å²) >= 11 is 0. The molecular weight excluding hydrogens is 433 g/mol. The summed E-state index contributed by atoms with van der Waals surface area (Å²) < 4.78 is 46.8. The summed E-state index contributed by atoms with van der Waals surface area (Å²) in [6, 6.07) is 17.9. The van der Waals surface area contributed by atoms with Crippen LogP contribution in [0.3, 0.4) is 0 Å². The highest BCUT2D eigenvalue weighted by atomic mass is 32.2. The van der Waals surface area contributed by atoms with Gasteiger partial charge in [-0.25, -0.2) is 17.6 Å². The number of halogens is 1. The van der Waals surface area contributed by atoms with Crippen molar-refractivity contribution in [3.05, 3.63) is 95.3 Å². The third-order valence-electron chi connectivity index (χ3n) is 5.28. The average molecular weight is 453 g/mol. The predicted octanol–water partition coefficient (Wildman–Crippen LogP) is 4.01. The van der Waals surface area contributed by atoms with E-state index < -0.39 is 34.2 Å². The molecular formula is C24H20FNO5S. The van der Waals surface area contributed by atoms with E-state index in [2.05, 4.69) is 0 Å². The van der Waals surface area contributed by atoms with Gasteiger partial charge in [0, 0.05) is 6.04 Å². The topological polar surface area (TPSA) is 80.8 Å². The Hall–Kier alpha value is -3.52. The number of para-hydroxylation sites is 1. The second-order valence-electron chi connectivity index (χ2n) is 7.49. The Kier molecular flexibility index (Phi) is 5.80. The Morgan fingerprint density at radius 3 is 2.53 bits per heavy atom. The summed E-state index contributed by atoms with van der Waals surface area (Å²) in [7, 11) is -3.93. The van der Waals surface area contributed by atoms with E-state index in [9.17, 15) is 22.4 Å². The number of benzene rings is 3. The second kappa shape index (κ2) is 8.55. The van der Waals surface area contributed by atoms with Gasteiger partial charge in [-0.15, -0.1) is 0 Å². The third kappa shape index (κ3) is 4.01. The van der Waals surface area contributed by atoms with Crippen molar-refractivity contribution in [2.75, 3.05) is 10.9 Å². The van der Waals surface area contributed by atoms with Crippen LogP contribution in [0, 0.1) is 5.82 Å². The minimum Gasteiger partial charge on any atom is -0.454 e. The second-order valence-corrected chi connectivity index (χ2v) is 9.30. The molecule has 8 heteroatoms. The fraction of sp³-hybridized carbons (Fsp3) is 0.167. The maximum atomic E-state index is 13.7. The smallest absolute Gasteiger partial charge is 0.338 e. The first-order chi connectivity index (χ1) is 15.3. The van der Waals surface area contributed by atoms with Crippen LogP contribution in [0.5, 0.6) is 0 Å². The lowest BCUT2D eigenvalue weighted by molar-refractivity contribution is 0.0473. The van der Waals surface area contributed by atoms with Crippen LogP contribution in [0.4, 0.5) is 10.1 Å². The van der Waals surface area contributed by atoms with Gasteiger partial charge in [-0.05, 0) is 55.3 Å². The van der Waals surface area contributed by atoms with Crippen LogP contribution in [0.2, 0.25) is 0 Å². The van der Waals surface area contributed by atoms with Gasteiger partial charge in [0.25, 0.3) is 10.0 Å². The van der Waals surface area contributed by atoms with E-state index in [4.69, 9.17) is 4.74 Å². The molecule has 0 N–H and O–H groups in total. The highest BCUT2D eigenvalue weighted by Crippen LogP contribution is 2.36. The van der Waals surface area contributed by atoms with Crippen molar-refractivity contribution < 1.29 is 27.1 Å². The zero-order valence-electron chi connectivity index (χ0n) is 17.2. The molecule has 0 aliphatic carbocycles. The lowest BCUT2D eigenvalue weighted by Crippen LogP contribution is -2.35. The van der Waals surface area contributed by atoms with Crippen LogP contribution >= 0.6 is 0 Å². The molecule has 3 aromatic carbocycles. The van der Waals surface area contributed by atoms with Gasteiger partial charge in [0.2, 0.25) is 5.78 Å². The molecule has 1 heterocycles. The number of rotatable bonds is 6. The number of hydrogen-bond donors (Lipinski definition) is 0. The summed E-state index contributed by atoms with van der Waals surface area (Å²) in [4.78, 5) is 24.5. The molecule has 0 aromatic heterocycles. The summed E-state index contributed by atoms with van der Waals surface area (Å²) in [5.41, 5.74) is 1.35. The van der Waals surface area contributed by atoms with E-state index in [-0.39, 0.29) is 22.1 Å². The van der Waals surface area contributed by atoms with Crippen molar-refractivity contribution >= 4 is 27.5 Å². The lowest BCUT2D eigenvalue weighted by atomic mass is 10.1. The SMILES string of the molecule is CC1Cc2ccccc2N1S(=O)(=O)c1cccc(C(=O)OCC(=O)c2ccccc2F)c1. The fourth-order valence-electron chi connectivity index (χ4n) is 3.78. The number of sulfonamides is 1. The first-order valence-electron chi connectivity index (χ1n) is 9.96. The number of ketones is 1. The molecule has 0 radical (unpaired) electrons. The normalized spacial score (nSPS) is 15.3. The molecule has 3 aromatic rings. The number of hydrogen-bond acceptors (Lipinski definition) is 5. The standard InChI is InChI=1S/C24H20FNO5S/c1-16-13-17-7-2-5-12-22(17)26(16)32(29,30)19-9-6-8-18(14-19)24(28)31-15-23(27)20-10-3-4-11-21(20)25/h2-12,14,16H,13,15H2,1H3. The van der Waals surface area contributed by atoms with Gasteiger partial charge in [-0.2, -0.15) is 0 Å². The van der Waals surface area contributed by atoms with Gasteiger partial charge in [0.1, 0.15) is 5.82 Å². The number of carbonyl (C=O) groups excluding carboxylic acids is 2. The van der Waals surface area contributed by atoms with Gasteiger partial charge in [-0.1, -0.05) is 36.4 Å². The summed E-state index contributed by atoms with van der Waals surface area (Å²) in [6.45, 7) is 1.16. The highest BCUT2D eigenvalue weighted by Gasteiger charge is 2.36. The predicted molar refractivity (Wildman–Crippen MR) is 117 cm³/mol. The van der Waals surface area contributed by atoms with Crippen molar-refractivity contribution in [2.45, 2.75) is 24.3 Å². The van der Waals surface area contributed by atoms with Crippen molar-refractivity contribution in [1.82, 2.24) is 0 Å². The van der Waals surface area contributed by atoms with E-state index in [0.717, 1.165) is 11.6 Å². The van der Waals surface area contributed by atoms with Crippen molar-refractivity contribution in [1.29, 1.82) is 0 Å². The van der Waals surface area contributed by atoms with Crippen molar-refractivity contribution in [2.24, 2.45) is 0 Å². The van der Waals surface area contributed by atoms with E-state index in [1.807, 2.05) is 19.1 Å². The maximum Gasteiger partial charge on any atom is 0.338 e. The molecule has 0 saturated heterocycles. The molecule has 0 saturated carbocycles. The number of Topliss-reactive ketones (excluding diaryl/α,β-unsaturated/α-hetero) is 1. The van der Waals surface area contributed by atoms with Gasteiger partial charge in [-0.3, -0.25) is 9.10 Å². The Labute approximate surface area is 185 Å². The number of anilines is 1. The molecule has 1 unspecified atom stereocenters. The number of carbonyl (C=O) groups is 2. The van der Waals surface area contributed by atoms with Gasteiger partial charge >= 0.3 is 5.97 Å². The molecule has 4 rings (SSSR count). The van der Waals surface area contributed by atoms with Crippen molar-refractivity contribution in [3.8, 4) is 0 Å². The number of ether oxygens (including phenoxy) is 1. The van der Waals surface area contributed by atoms with Gasteiger partial charge < -0.3 is 4.74 Å². The van der Waals surface area contributed by atoms with E-state index >= 15 is 0 Å². The third-order valence-corrected chi connectivity index (χ3v) is 7.20. The van der Waals surface area contributed by atoms with E-state index in [0.29, 0.717) is 12.1 Å². The van der Waals surface area contributed by atoms with E-state index in [1.54, 1.807) is 12.1 Å². The summed E-state index contributed by atoms with van der Waals surface area (Å²) in [5.74, 6) is -2.27. The van der Waals surface area contributed by atoms with Crippen LogP contribution < -0.4 is 4.31 Å². The van der Waals surface area contributed by atoms with Gasteiger partial charge in [0.15, 0.2) is 6.61 Å². The van der Waals surface area contributed by atoms with Crippen LogP contribution in [-0.4, -0.2) is 32.8 Å². The minimum atomic E-state index is -3.93.